The van der Waals surface area contributed by atoms with Crippen LogP contribution in [-0.4, -0.2) is 130 Å². The second-order valence-electron chi connectivity index (χ2n) is 21.7. The zero-order valence-electron chi connectivity index (χ0n) is 48.1. The number of allylic oxidation sites excluding steroid dienone is 2. The van der Waals surface area contributed by atoms with Crippen molar-refractivity contribution in [3.05, 3.63) is 93.3 Å². The average molecular weight is 1190 g/mol. The lowest BCUT2D eigenvalue weighted by Gasteiger charge is -2.23. The van der Waals surface area contributed by atoms with Gasteiger partial charge in [0.1, 0.15) is 18.4 Å². The number of anilines is 3. The number of nitrogen functional groups attached to an aromatic ring is 1. The molecule has 8 amide bonds. The van der Waals surface area contributed by atoms with Crippen molar-refractivity contribution in [1.82, 2.24) is 68.1 Å². The van der Waals surface area contributed by atoms with Crippen LogP contribution in [0, 0.1) is 23.7 Å². The number of H-pyrrole nitrogens is 1. The fraction of sp³-hybridized carbons (Fsp3) is 0.491. The molecule has 7 rings (SSSR count). The predicted molar refractivity (Wildman–Crippen MR) is 315 cm³/mol. The Hall–Kier alpha value is -9.41. The number of alkyl carbamates (subject to hydrolysis) is 1. The van der Waals surface area contributed by atoms with E-state index in [9.17, 15) is 53.1 Å². The summed E-state index contributed by atoms with van der Waals surface area (Å²) in [5, 5.41) is 33.5. The number of fused-ring (bicyclic) bond motifs is 2. The summed E-state index contributed by atoms with van der Waals surface area (Å²) in [5.74, 6) is -2.66. The number of carbonyl (C=O) groups is 9. The molecule has 0 bridgehead atoms. The second kappa shape index (κ2) is 31.5. The average Bonchev–Trinajstić information content (AvgIpc) is 2.36. The third-order valence-electron chi connectivity index (χ3n) is 15.1. The number of benzene rings is 2. The van der Waals surface area contributed by atoms with Gasteiger partial charge >= 0.3 is 18.1 Å². The Labute approximate surface area is 495 Å². The quantitative estimate of drug-likeness (QED) is 0.0245. The molecule has 1 fully saturated rings. The highest BCUT2D eigenvalue weighted by Gasteiger charge is 2.51. The van der Waals surface area contributed by atoms with E-state index < -0.39 is 53.6 Å². The molecule has 4 aromatic rings. The summed E-state index contributed by atoms with van der Waals surface area (Å²) in [5.41, 5.74) is 22.0. The number of primary amides is 1. The molecule has 2 aliphatic carbocycles. The van der Waals surface area contributed by atoms with Crippen LogP contribution in [0.4, 0.5) is 26.9 Å². The van der Waals surface area contributed by atoms with Crippen LogP contribution in [0.3, 0.4) is 0 Å². The molecule has 462 valence electrons. The molecule has 1 saturated carbocycles. The first-order chi connectivity index (χ1) is 41.4. The lowest BCUT2D eigenvalue weighted by molar-refractivity contribution is -0.142. The highest BCUT2D eigenvalue weighted by atomic mass is 16.5. The van der Waals surface area contributed by atoms with Gasteiger partial charge in [-0.2, -0.15) is 4.98 Å². The highest BCUT2D eigenvalue weighted by molar-refractivity contribution is 5.95. The summed E-state index contributed by atoms with van der Waals surface area (Å²) >= 11 is 0. The van der Waals surface area contributed by atoms with Crippen molar-refractivity contribution in [2.75, 3.05) is 48.8 Å². The van der Waals surface area contributed by atoms with Crippen molar-refractivity contribution < 1.29 is 53.0 Å². The van der Waals surface area contributed by atoms with Gasteiger partial charge in [0.25, 0.3) is 17.4 Å². The number of hydrazine groups is 2. The van der Waals surface area contributed by atoms with Crippen LogP contribution in [-0.2, 0) is 35.3 Å². The summed E-state index contributed by atoms with van der Waals surface area (Å²) in [6, 6.07) is 10.2. The molecule has 16 N–H and O–H groups in total. The molecular formula is C57H77N17O12. The van der Waals surface area contributed by atoms with E-state index in [1.54, 1.807) is 50.2 Å². The number of nitrogens with zero attached hydrogens (tertiary/aromatic N) is 4. The van der Waals surface area contributed by atoms with Crippen LogP contribution < -0.4 is 75.5 Å². The highest BCUT2D eigenvalue weighted by Crippen LogP contribution is 2.54. The second-order valence-corrected chi connectivity index (χ2v) is 21.7. The summed E-state index contributed by atoms with van der Waals surface area (Å²) in [6.07, 6.45) is 7.41. The lowest BCUT2D eigenvalue weighted by atomic mass is 10.0. The number of hydrogen-bond acceptors (Lipinski definition) is 19. The minimum atomic E-state index is -1.27. The minimum absolute atomic E-state index is 0.0492. The maximum atomic E-state index is 13.1. The maximum absolute atomic E-state index is 13.1. The normalized spacial score (nSPS) is 17.0. The van der Waals surface area contributed by atoms with Crippen LogP contribution in [0.2, 0.25) is 0 Å². The van der Waals surface area contributed by atoms with Gasteiger partial charge in [-0.3, -0.25) is 38.8 Å². The number of unbranched alkanes of at least 4 members (excludes halogenated alkanes) is 2. The lowest BCUT2D eigenvalue weighted by Crippen LogP contribution is -2.52. The van der Waals surface area contributed by atoms with Crippen LogP contribution in [0.25, 0.3) is 11.2 Å². The molecule has 0 saturated heterocycles. The van der Waals surface area contributed by atoms with E-state index >= 15 is 0 Å². The third kappa shape index (κ3) is 19.1. The molecule has 2 unspecified atom stereocenters. The Morgan fingerprint density at radius 1 is 0.779 bits per heavy atom. The van der Waals surface area contributed by atoms with Crippen molar-refractivity contribution in [2.45, 2.75) is 122 Å². The third-order valence-corrected chi connectivity index (χ3v) is 15.1. The van der Waals surface area contributed by atoms with Gasteiger partial charge in [-0.05, 0) is 143 Å². The summed E-state index contributed by atoms with van der Waals surface area (Å²) in [4.78, 5) is 138. The molecule has 0 radical (unpaired) electrons. The van der Waals surface area contributed by atoms with Gasteiger partial charge in [0.05, 0.1) is 42.5 Å². The van der Waals surface area contributed by atoms with Gasteiger partial charge in [-0.15, -0.1) is 5.53 Å². The summed E-state index contributed by atoms with van der Waals surface area (Å²) in [7, 11) is 0. The number of urea groups is 1. The molecule has 0 spiro atoms. The van der Waals surface area contributed by atoms with Crippen molar-refractivity contribution in [3.8, 4) is 0 Å². The zero-order chi connectivity index (χ0) is 61.7. The number of aromatic nitrogens is 4. The first-order valence-corrected chi connectivity index (χ1v) is 28.9. The van der Waals surface area contributed by atoms with E-state index in [-0.39, 0.29) is 105 Å². The van der Waals surface area contributed by atoms with Crippen molar-refractivity contribution in [1.29, 1.82) is 0 Å². The van der Waals surface area contributed by atoms with Crippen LogP contribution in [0.1, 0.15) is 124 Å². The molecular weight excluding hydrogens is 1110 g/mol. The Bertz CT molecular complexity index is 3160. The van der Waals surface area contributed by atoms with Gasteiger partial charge in [0.15, 0.2) is 11.2 Å². The monoisotopic (exact) mass is 1190 g/mol. The molecule has 29 nitrogen and oxygen atoms in total. The number of aromatic amines is 1. The molecule has 29 heteroatoms. The fourth-order valence-corrected chi connectivity index (χ4v) is 10.3. The van der Waals surface area contributed by atoms with E-state index in [4.69, 9.17) is 16.2 Å². The molecule has 86 heavy (non-hydrogen) atoms. The molecule has 1 aliphatic heterocycles. The van der Waals surface area contributed by atoms with Gasteiger partial charge in [0, 0.05) is 61.5 Å². The van der Waals surface area contributed by atoms with E-state index in [0.29, 0.717) is 79.4 Å². The van der Waals surface area contributed by atoms with Gasteiger partial charge in [-0.25, -0.2) is 24.4 Å². The Kier molecular flexibility index (Phi) is 23.5. The topological polar surface area (TPSA) is 430 Å². The number of carbonyl (C=O) groups excluding carboxylic acids is 8. The number of carboxylic acids is 1. The zero-order valence-corrected chi connectivity index (χ0v) is 48.1. The Balaban J connectivity index is 0.712. The number of nitrogens with one attached hydrogen (secondary N) is 11. The first-order valence-electron chi connectivity index (χ1n) is 28.9. The number of ether oxygens (including phenoxy) is 1. The smallest absolute Gasteiger partial charge is 0.407 e. The van der Waals surface area contributed by atoms with Crippen molar-refractivity contribution in [3.63, 3.8) is 0 Å². The fourth-order valence-electron chi connectivity index (χ4n) is 10.3. The van der Waals surface area contributed by atoms with Crippen molar-refractivity contribution in [2.24, 2.45) is 29.4 Å². The van der Waals surface area contributed by atoms with Gasteiger partial charge < -0.3 is 74.1 Å². The maximum Gasteiger partial charge on any atom is 0.407 e. The van der Waals surface area contributed by atoms with Crippen LogP contribution in [0.15, 0.2) is 70.9 Å². The number of carboxylic acid groups (broad SMARTS) is 1. The van der Waals surface area contributed by atoms with Crippen LogP contribution >= 0.6 is 0 Å². The van der Waals surface area contributed by atoms with Gasteiger partial charge in [0.2, 0.25) is 23.7 Å². The van der Waals surface area contributed by atoms with Crippen molar-refractivity contribution >= 4 is 82.4 Å². The first kappa shape index (κ1) is 64.2. The summed E-state index contributed by atoms with van der Waals surface area (Å²) < 4.78 is 5.65. The van der Waals surface area contributed by atoms with E-state index in [1.807, 2.05) is 17.1 Å². The predicted octanol–water partition coefficient (Wildman–Crippen LogP) is 1.84. The number of nitrogens with two attached hydrogens (primary N) is 2. The molecule has 2 aromatic heterocycles. The minimum Gasteiger partial charge on any atom is -0.480 e. The molecule has 3 aliphatic rings. The van der Waals surface area contributed by atoms with E-state index in [1.165, 1.54) is 6.20 Å². The van der Waals surface area contributed by atoms with Crippen LogP contribution in [0.5, 0.6) is 0 Å². The largest absolute Gasteiger partial charge is 0.480 e. The Morgan fingerprint density at radius 2 is 1.44 bits per heavy atom. The SMILES string of the molecule is CC(C)[C@H](NC(=O)OC[C@@H]1C2CCC3=C(CC[C@@H]21)N(c1ccc(C(=O)NCCCCCNC(=O)CCC(NC(=O)CCCNC(=O)c2ccc(NCc4cnc5nc(N)[nH]c(=O)c5n4)cc2)C(=O)O)cc1)NN3)C(=O)N[C@H](C=O)CCCNC(N)=O. The van der Waals surface area contributed by atoms with Gasteiger partial charge in [-0.1, -0.05) is 13.8 Å². The standard InChI is InChI=1S/C57H77N17O12/c1-32(2)47(52(80)67-36(30-75)8-6-27-63-56(59)84)69-57(85)86-31-41-39-18-20-42-44(22-19-40(39)41)74(73-72-42)38-16-12-34(13-17-38)51(79)61-25-5-3-4-24-60-45(76)23-21-43(54(82)83)68-46(77)9-7-26-62-50(78)33-10-14-35(15-11-33)64-28-37-29-65-49-48(66-37)53(81)71-55(58)70-49/h10-17,29-30,32,36,39-41,43,47,64,72-73H,3-9,18-28,31H2,1-2H3,(H,60,76)(H,61,79)(H,62,78)(H,67,80)(H,68,77)(H,69,85)(H,82,83)(H3,59,63,84)(H3,58,65,70,71,81)/t36-,39?,40-,41+,43?,47-/m0/s1. The number of hydrogen-bond donors (Lipinski definition) is 14. The number of aliphatic carboxylic acids is 1. The van der Waals surface area contributed by atoms with E-state index in [2.05, 4.69) is 73.4 Å². The molecule has 3 heterocycles. The number of amides is 8. The number of aldehydes is 1. The molecule has 2 aromatic carbocycles. The number of rotatable bonds is 32. The molecule has 6 atom stereocenters. The summed E-state index contributed by atoms with van der Waals surface area (Å²) in [6.45, 7) is 5.21. The van der Waals surface area contributed by atoms with E-state index in [0.717, 1.165) is 42.8 Å². The Morgan fingerprint density at radius 3 is 2.12 bits per heavy atom.